The van der Waals surface area contributed by atoms with Crippen molar-refractivity contribution < 1.29 is 14.3 Å². The summed E-state index contributed by atoms with van der Waals surface area (Å²) in [5.74, 6) is -0.538. The topological polar surface area (TPSA) is 82.3 Å². The van der Waals surface area contributed by atoms with E-state index in [0.717, 1.165) is 5.56 Å². The molecule has 1 rings (SSSR count). The van der Waals surface area contributed by atoms with Gasteiger partial charge in [-0.3, -0.25) is 14.6 Å². The van der Waals surface area contributed by atoms with Crippen molar-refractivity contribution in [2.45, 2.75) is 19.4 Å². The highest BCUT2D eigenvalue weighted by molar-refractivity contribution is 5.84. The highest BCUT2D eigenvalue weighted by Crippen LogP contribution is 2.01. The molecule has 1 aromatic rings. The minimum Gasteiger partial charge on any atom is -0.461 e. The van der Waals surface area contributed by atoms with Gasteiger partial charge in [0.25, 0.3) is 0 Å². The first-order valence-electron chi connectivity index (χ1n) is 4.98. The van der Waals surface area contributed by atoms with Crippen molar-refractivity contribution in [1.82, 2.24) is 4.98 Å². The summed E-state index contributed by atoms with van der Waals surface area (Å²) in [6, 6.07) is 3.58. The average molecular weight is 222 g/mol. The third-order valence-corrected chi connectivity index (χ3v) is 1.96. The van der Waals surface area contributed by atoms with Crippen molar-refractivity contribution in [2.24, 2.45) is 5.73 Å². The van der Waals surface area contributed by atoms with E-state index in [2.05, 4.69) is 4.98 Å². The number of hydrogen-bond acceptors (Lipinski definition) is 5. The minimum absolute atomic E-state index is 0.0319. The van der Waals surface area contributed by atoms with E-state index in [1.165, 1.54) is 0 Å². The Morgan fingerprint density at radius 1 is 1.38 bits per heavy atom. The van der Waals surface area contributed by atoms with Gasteiger partial charge in [-0.25, -0.2) is 0 Å². The zero-order valence-electron chi connectivity index (χ0n) is 8.89. The molecular weight excluding hydrogens is 208 g/mol. The number of Topliss-reactive ketones (excluding diaryl/α,β-unsaturated/α-hetero) is 1. The molecule has 0 aliphatic heterocycles. The SMILES string of the molecule is NCC(=O)CCC(=O)OCc1cccnc1. The molecule has 0 unspecified atom stereocenters. The lowest BCUT2D eigenvalue weighted by molar-refractivity contribution is -0.146. The van der Waals surface area contributed by atoms with Gasteiger partial charge in [0.05, 0.1) is 13.0 Å². The number of esters is 1. The summed E-state index contributed by atoms with van der Waals surface area (Å²) < 4.78 is 4.95. The molecule has 0 radical (unpaired) electrons. The Morgan fingerprint density at radius 3 is 2.81 bits per heavy atom. The molecule has 0 aliphatic rings. The Labute approximate surface area is 93.6 Å². The van der Waals surface area contributed by atoms with Crippen LogP contribution in [-0.2, 0) is 20.9 Å². The van der Waals surface area contributed by atoms with Gasteiger partial charge in [-0.1, -0.05) is 6.07 Å². The number of hydrogen-bond donors (Lipinski definition) is 1. The fourth-order valence-corrected chi connectivity index (χ4v) is 1.06. The Bertz CT molecular complexity index is 352. The number of rotatable bonds is 6. The lowest BCUT2D eigenvalue weighted by Gasteiger charge is -2.03. The Hall–Kier alpha value is -1.75. The van der Waals surface area contributed by atoms with Gasteiger partial charge in [0, 0.05) is 24.4 Å². The van der Waals surface area contributed by atoms with Crippen LogP contribution in [0.2, 0.25) is 0 Å². The lowest BCUT2D eigenvalue weighted by Crippen LogP contribution is -2.15. The van der Waals surface area contributed by atoms with Gasteiger partial charge in [-0.15, -0.1) is 0 Å². The van der Waals surface area contributed by atoms with Crippen LogP contribution in [0.15, 0.2) is 24.5 Å². The normalized spacial score (nSPS) is 9.81. The monoisotopic (exact) mass is 222 g/mol. The molecule has 2 N–H and O–H groups in total. The fraction of sp³-hybridized carbons (Fsp3) is 0.364. The summed E-state index contributed by atoms with van der Waals surface area (Å²) in [6.07, 6.45) is 3.49. The van der Waals surface area contributed by atoms with Crippen LogP contribution in [0.4, 0.5) is 0 Å². The molecule has 16 heavy (non-hydrogen) atoms. The molecule has 0 atom stereocenters. The van der Waals surface area contributed by atoms with E-state index in [4.69, 9.17) is 10.5 Å². The highest BCUT2D eigenvalue weighted by Gasteiger charge is 2.06. The van der Waals surface area contributed by atoms with Crippen LogP contribution < -0.4 is 5.73 Å². The number of carbonyl (C=O) groups is 2. The first-order valence-corrected chi connectivity index (χ1v) is 4.98. The van der Waals surface area contributed by atoms with E-state index in [1.54, 1.807) is 18.5 Å². The van der Waals surface area contributed by atoms with E-state index < -0.39 is 5.97 Å². The van der Waals surface area contributed by atoms with Crippen molar-refractivity contribution in [1.29, 1.82) is 0 Å². The molecule has 86 valence electrons. The molecule has 5 nitrogen and oxygen atoms in total. The summed E-state index contributed by atoms with van der Waals surface area (Å²) in [7, 11) is 0. The summed E-state index contributed by atoms with van der Waals surface area (Å²) in [4.78, 5) is 25.9. The summed E-state index contributed by atoms with van der Waals surface area (Å²) in [6.45, 7) is 0.152. The van der Waals surface area contributed by atoms with Gasteiger partial charge in [0.15, 0.2) is 0 Å². The second-order valence-electron chi connectivity index (χ2n) is 3.26. The average Bonchev–Trinajstić information content (AvgIpc) is 2.34. The number of pyridine rings is 1. The zero-order valence-corrected chi connectivity index (χ0v) is 8.89. The van der Waals surface area contributed by atoms with Crippen molar-refractivity contribution in [3.05, 3.63) is 30.1 Å². The van der Waals surface area contributed by atoms with E-state index in [-0.39, 0.29) is 31.8 Å². The van der Waals surface area contributed by atoms with Crippen LogP contribution in [-0.4, -0.2) is 23.3 Å². The maximum absolute atomic E-state index is 11.2. The number of nitrogens with two attached hydrogens (primary N) is 1. The quantitative estimate of drug-likeness (QED) is 0.706. The fourth-order valence-electron chi connectivity index (χ4n) is 1.06. The van der Waals surface area contributed by atoms with Crippen LogP contribution >= 0.6 is 0 Å². The van der Waals surface area contributed by atoms with Crippen molar-refractivity contribution in [3.63, 3.8) is 0 Å². The second kappa shape index (κ2) is 6.68. The molecule has 5 heteroatoms. The van der Waals surface area contributed by atoms with Crippen molar-refractivity contribution in [3.8, 4) is 0 Å². The van der Waals surface area contributed by atoms with E-state index in [1.807, 2.05) is 6.07 Å². The largest absolute Gasteiger partial charge is 0.461 e. The van der Waals surface area contributed by atoms with Crippen molar-refractivity contribution >= 4 is 11.8 Å². The smallest absolute Gasteiger partial charge is 0.306 e. The zero-order chi connectivity index (χ0) is 11.8. The first kappa shape index (κ1) is 12.3. The molecular formula is C11H14N2O3. The molecule has 0 saturated heterocycles. The summed E-state index contributed by atoms with van der Waals surface area (Å²) in [5.41, 5.74) is 5.93. The molecule has 0 saturated carbocycles. The molecule has 0 fully saturated rings. The van der Waals surface area contributed by atoms with Crippen LogP contribution in [0.5, 0.6) is 0 Å². The van der Waals surface area contributed by atoms with Crippen LogP contribution in [0.1, 0.15) is 18.4 Å². The molecule has 0 aromatic carbocycles. The second-order valence-corrected chi connectivity index (χ2v) is 3.26. The maximum Gasteiger partial charge on any atom is 0.306 e. The number of ketones is 1. The maximum atomic E-state index is 11.2. The van der Waals surface area contributed by atoms with Gasteiger partial charge in [-0.2, -0.15) is 0 Å². The van der Waals surface area contributed by atoms with Gasteiger partial charge >= 0.3 is 5.97 Å². The van der Waals surface area contributed by atoms with E-state index >= 15 is 0 Å². The minimum atomic E-state index is -0.398. The van der Waals surface area contributed by atoms with Crippen LogP contribution in [0.25, 0.3) is 0 Å². The number of carbonyl (C=O) groups excluding carboxylic acids is 2. The molecule has 0 spiro atoms. The van der Waals surface area contributed by atoms with Gasteiger partial charge in [0.1, 0.15) is 12.4 Å². The van der Waals surface area contributed by atoms with Gasteiger partial charge < -0.3 is 10.5 Å². The molecule has 0 aliphatic carbocycles. The van der Waals surface area contributed by atoms with Gasteiger partial charge in [0.2, 0.25) is 0 Å². The Morgan fingerprint density at radius 2 is 2.19 bits per heavy atom. The third kappa shape index (κ3) is 4.65. The summed E-state index contributed by atoms with van der Waals surface area (Å²) in [5, 5.41) is 0. The standard InChI is InChI=1S/C11H14N2O3/c12-6-10(14)3-4-11(15)16-8-9-2-1-5-13-7-9/h1-2,5,7H,3-4,6,8,12H2. The number of aromatic nitrogens is 1. The molecule has 0 bridgehead atoms. The summed E-state index contributed by atoms with van der Waals surface area (Å²) >= 11 is 0. The molecule has 1 heterocycles. The highest BCUT2D eigenvalue weighted by atomic mass is 16.5. The van der Waals surface area contributed by atoms with Crippen molar-refractivity contribution in [2.75, 3.05) is 6.54 Å². The first-order chi connectivity index (χ1) is 7.72. The lowest BCUT2D eigenvalue weighted by atomic mass is 10.2. The third-order valence-electron chi connectivity index (χ3n) is 1.96. The van der Waals surface area contributed by atoms with Crippen LogP contribution in [0.3, 0.4) is 0 Å². The predicted octanol–water partition coefficient (Wildman–Crippen LogP) is 0.433. The van der Waals surface area contributed by atoms with E-state index in [0.29, 0.717) is 0 Å². The van der Waals surface area contributed by atoms with Gasteiger partial charge in [-0.05, 0) is 6.07 Å². The predicted molar refractivity (Wildman–Crippen MR) is 57.3 cm³/mol. The Kier molecular flexibility index (Phi) is 5.15. The molecule has 0 amide bonds. The van der Waals surface area contributed by atoms with Crippen LogP contribution in [0, 0.1) is 0 Å². The Balaban J connectivity index is 2.23. The number of ether oxygens (including phenoxy) is 1. The number of nitrogens with zero attached hydrogens (tertiary/aromatic N) is 1. The molecule has 1 aromatic heterocycles. The van der Waals surface area contributed by atoms with E-state index in [9.17, 15) is 9.59 Å².